The van der Waals surface area contributed by atoms with Gasteiger partial charge in [0.05, 0.1) is 36.1 Å². The Balaban J connectivity index is 0.00000151. The number of rotatable bonds is 6. The molecule has 4 aromatic heterocycles. The van der Waals surface area contributed by atoms with Gasteiger partial charge in [-0.15, -0.1) is 16.4 Å². The summed E-state index contributed by atoms with van der Waals surface area (Å²) in [5.74, 6) is 0.560. The predicted octanol–water partition coefficient (Wildman–Crippen LogP) is 4.81. The van der Waals surface area contributed by atoms with Crippen LogP contribution in [0.15, 0.2) is 60.5 Å². The van der Waals surface area contributed by atoms with E-state index < -0.39 is 0 Å². The van der Waals surface area contributed by atoms with E-state index in [-0.39, 0.29) is 6.04 Å². The van der Waals surface area contributed by atoms with Crippen molar-refractivity contribution >= 4 is 45.8 Å². The zero-order valence-corrected chi connectivity index (χ0v) is 23.5. The van der Waals surface area contributed by atoms with Gasteiger partial charge in [0.1, 0.15) is 0 Å². The van der Waals surface area contributed by atoms with Crippen LogP contribution >= 0.6 is 11.3 Å². The molecular formula is C30H31N7OS. The van der Waals surface area contributed by atoms with Gasteiger partial charge in [0.25, 0.3) is 0 Å². The Hall–Kier alpha value is -4.37. The number of hydrogen-bond acceptors (Lipinski definition) is 8. The van der Waals surface area contributed by atoms with Crippen molar-refractivity contribution in [3.63, 3.8) is 0 Å². The maximum atomic E-state index is 5.26. The van der Waals surface area contributed by atoms with Crippen LogP contribution in [-0.2, 0) is 7.05 Å². The molecule has 1 aromatic carbocycles. The zero-order chi connectivity index (χ0) is 27.4. The van der Waals surface area contributed by atoms with Crippen molar-refractivity contribution in [2.75, 3.05) is 12.4 Å². The third-order valence-electron chi connectivity index (χ3n) is 6.54. The molecular weight excluding hydrogens is 506 g/mol. The first kappa shape index (κ1) is 26.2. The van der Waals surface area contributed by atoms with Gasteiger partial charge in [0.2, 0.25) is 5.88 Å². The molecule has 9 heteroatoms. The van der Waals surface area contributed by atoms with E-state index in [1.54, 1.807) is 41.7 Å². The van der Waals surface area contributed by atoms with E-state index in [9.17, 15) is 0 Å². The number of anilines is 1. The highest BCUT2D eigenvalue weighted by Gasteiger charge is 2.20. The van der Waals surface area contributed by atoms with E-state index in [1.165, 1.54) is 15.3 Å². The number of benzene rings is 1. The number of fused-ring (bicyclic) bond motifs is 2. The second-order valence-corrected chi connectivity index (χ2v) is 9.79. The molecule has 1 unspecified atom stereocenters. The largest absolute Gasteiger partial charge is 0.481 e. The molecule has 0 spiro atoms. The van der Waals surface area contributed by atoms with Gasteiger partial charge in [-0.3, -0.25) is 9.97 Å². The van der Waals surface area contributed by atoms with Crippen LogP contribution in [0.1, 0.15) is 48.7 Å². The molecule has 6 rings (SSSR count). The molecule has 1 N–H and O–H groups in total. The molecule has 198 valence electrons. The minimum atomic E-state index is -0.244. The monoisotopic (exact) mass is 537 g/mol. The lowest BCUT2D eigenvalue weighted by atomic mass is 9.99. The topological polar surface area (TPSA) is 90.6 Å². The van der Waals surface area contributed by atoms with Crippen LogP contribution < -0.4 is 19.8 Å². The molecule has 0 bridgehead atoms. The molecule has 5 aromatic rings. The van der Waals surface area contributed by atoms with E-state index in [0.29, 0.717) is 5.88 Å². The van der Waals surface area contributed by atoms with Crippen LogP contribution in [0.2, 0.25) is 0 Å². The maximum Gasteiger partial charge on any atom is 0.212 e. The van der Waals surface area contributed by atoms with Gasteiger partial charge in [-0.1, -0.05) is 31.2 Å². The number of thiophene rings is 1. The zero-order valence-electron chi connectivity index (χ0n) is 22.7. The molecule has 1 atom stereocenters. The Morgan fingerprint density at radius 1 is 1.05 bits per heavy atom. The average Bonchev–Trinajstić information content (AvgIpc) is 3.48. The second kappa shape index (κ2) is 11.6. The van der Waals surface area contributed by atoms with Crippen LogP contribution in [0.4, 0.5) is 5.69 Å². The molecule has 0 saturated carbocycles. The number of nitrogens with zero attached hydrogens (tertiary/aromatic N) is 6. The van der Waals surface area contributed by atoms with Crippen molar-refractivity contribution in [3.8, 4) is 5.88 Å². The lowest BCUT2D eigenvalue weighted by Gasteiger charge is -2.21. The molecule has 0 radical (unpaired) electrons. The van der Waals surface area contributed by atoms with Crippen molar-refractivity contribution in [2.45, 2.75) is 33.2 Å². The standard InChI is InChI=1S/C28H25N7OS.C2H6/c1-17-16-37-25-6-4-5-18(11-21(17)25)22-12-20(13-23-28(22)30-10-9-29-23)33-27(24-15-32-34-35(24)2)19-7-8-26(36-3)31-14-19;1-2/h5-16,27,33H,4H2,1-3H3;1-2H3. The van der Waals surface area contributed by atoms with Crippen molar-refractivity contribution in [2.24, 2.45) is 7.05 Å². The fourth-order valence-corrected chi connectivity index (χ4v) is 5.60. The van der Waals surface area contributed by atoms with E-state index in [1.807, 2.05) is 45.3 Å². The number of allylic oxidation sites excluding steroid dienone is 2. The summed E-state index contributed by atoms with van der Waals surface area (Å²) >= 11 is 1.79. The maximum absolute atomic E-state index is 5.26. The number of hydrogen-bond donors (Lipinski definition) is 1. The summed E-state index contributed by atoms with van der Waals surface area (Å²) in [6.45, 7) is 6.16. The summed E-state index contributed by atoms with van der Waals surface area (Å²) in [6.07, 6.45) is 14.7. The SMILES string of the molecule is CC.COc1ccc(C(Nc2cc(C3=CCC=c4scc(C)c4=C3)c3nccnc3c2)c2cnnn2C)cn1. The summed E-state index contributed by atoms with van der Waals surface area (Å²) < 4.78 is 8.34. The number of ether oxygens (including phenoxy) is 1. The molecule has 1 aliphatic carbocycles. The highest BCUT2D eigenvalue weighted by atomic mass is 32.1. The highest BCUT2D eigenvalue weighted by Crippen LogP contribution is 2.32. The fraction of sp³-hybridized carbons (Fsp3) is 0.233. The van der Waals surface area contributed by atoms with Gasteiger partial charge in [0.15, 0.2) is 0 Å². The van der Waals surface area contributed by atoms with E-state index in [4.69, 9.17) is 9.72 Å². The van der Waals surface area contributed by atoms with Crippen molar-refractivity contribution < 1.29 is 4.74 Å². The van der Waals surface area contributed by atoms with Crippen LogP contribution in [-0.4, -0.2) is 37.1 Å². The summed E-state index contributed by atoms with van der Waals surface area (Å²) in [7, 11) is 3.49. The predicted molar refractivity (Wildman–Crippen MR) is 158 cm³/mol. The van der Waals surface area contributed by atoms with E-state index in [0.717, 1.165) is 45.5 Å². The Kier molecular flexibility index (Phi) is 7.79. The third-order valence-corrected chi connectivity index (χ3v) is 7.65. The first-order valence-electron chi connectivity index (χ1n) is 12.9. The van der Waals surface area contributed by atoms with Gasteiger partial charge < -0.3 is 10.1 Å². The summed E-state index contributed by atoms with van der Waals surface area (Å²) in [4.78, 5) is 13.8. The molecule has 0 fully saturated rings. The van der Waals surface area contributed by atoms with Gasteiger partial charge in [-0.05, 0) is 64.9 Å². The number of pyridine rings is 1. The quantitative estimate of drug-likeness (QED) is 0.332. The first-order chi connectivity index (χ1) is 19.1. The molecule has 0 saturated heterocycles. The number of aryl methyl sites for hydroxylation is 2. The van der Waals surface area contributed by atoms with Crippen LogP contribution in [0.25, 0.3) is 28.8 Å². The van der Waals surface area contributed by atoms with Crippen LogP contribution in [0.3, 0.4) is 0 Å². The number of nitrogens with one attached hydrogen (secondary N) is 1. The third kappa shape index (κ3) is 5.31. The molecule has 8 nitrogen and oxygen atoms in total. The molecule has 1 aliphatic rings. The van der Waals surface area contributed by atoms with Gasteiger partial charge >= 0.3 is 0 Å². The number of aromatic nitrogens is 6. The summed E-state index contributed by atoms with van der Waals surface area (Å²) in [5.41, 5.74) is 7.92. The molecule has 0 amide bonds. The Bertz CT molecular complexity index is 1750. The minimum Gasteiger partial charge on any atom is -0.481 e. The fourth-order valence-electron chi connectivity index (χ4n) is 4.63. The van der Waals surface area contributed by atoms with Crippen molar-refractivity contribution in [3.05, 3.63) is 92.6 Å². The number of methoxy groups -OCH3 is 1. The van der Waals surface area contributed by atoms with Gasteiger partial charge in [-0.2, -0.15) is 0 Å². The summed E-state index contributed by atoms with van der Waals surface area (Å²) in [5, 5.41) is 15.4. The summed E-state index contributed by atoms with van der Waals surface area (Å²) in [6, 6.07) is 7.79. The minimum absolute atomic E-state index is 0.244. The van der Waals surface area contributed by atoms with Crippen molar-refractivity contribution in [1.29, 1.82) is 0 Å². The molecule has 39 heavy (non-hydrogen) atoms. The Labute approximate surface area is 231 Å². The van der Waals surface area contributed by atoms with Gasteiger partial charge in [0, 0.05) is 47.5 Å². The van der Waals surface area contributed by atoms with Crippen LogP contribution in [0, 0.1) is 6.92 Å². The Morgan fingerprint density at radius 3 is 2.64 bits per heavy atom. The van der Waals surface area contributed by atoms with E-state index >= 15 is 0 Å². The second-order valence-electron chi connectivity index (χ2n) is 8.88. The van der Waals surface area contributed by atoms with Crippen LogP contribution in [0.5, 0.6) is 5.88 Å². The lowest BCUT2D eigenvalue weighted by molar-refractivity contribution is 0.397. The smallest absolute Gasteiger partial charge is 0.212 e. The normalized spacial score (nSPS) is 13.1. The average molecular weight is 538 g/mol. The van der Waals surface area contributed by atoms with Gasteiger partial charge in [-0.25, -0.2) is 9.67 Å². The Morgan fingerprint density at radius 2 is 1.90 bits per heavy atom. The first-order valence-corrected chi connectivity index (χ1v) is 13.8. The molecule has 4 heterocycles. The van der Waals surface area contributed by atoms with E-state index in [2.05, 4.69) is 62.2 Å². The van der Waals surface area contributed by atoms with Crippen molar-refractivity contribution in [1.82, 2.24) is 29.9 Å². The highest BCUT2D eigenvalue weighted by molar-refractivity contribution is 7.07. The lowest BCUT2D eigenvalue weighted by Crippen LogP contribution is -2.19. The molecule has 0 aliphatic heterocycles.